The fourth-order valence-corrected chi connectivity index (χ4v) is 4.65. The van der Waals surface area contributed by atoms with E-state index in [-0.39, 0.29) is 11.7 Å². The SMILES string of the molecule is Cc1ccc(NC(=O)c2ccc(N3CCCCS3(=O)=O)cc2)c(C)c1. The van der Waals surface area contributed by atoms with Gasteiger partial charge >= 0.3 is 0 Å². The Bertz CT molecular complexity index is 889. The Kier molecular flexibility index (Phi) is 4.81. The van der Waals surface area contributed by atoms with Crippen molar-refractivity contribution in [3.63, 3.8) is 0 Å². The molecule has 0 radical (unpaired) electrons. The molecule has 1 saturated heterocycles. The first kappa shape index (κ1) is 17.5. The average molecular weight is 358 g/mol. The molecule has 1 amide bonds. The summed E-state index contributed by atoms with van der Waals surface area (Å²) in [5, 5.41) is 2.90. The molecule has 3 rings (SSSR count). The zero-order valence-electron chi connectivity index (χ0n) is 14.5. The number of amides is 1. The van der Waals surface area contributed by atoms with Crippen LogP contribution >= 0.6 is 0 Å². The van der Waals surface area contributed by atoms with Crippen molar-refractivity contribution in [3.8, 4) is 0 Å². The molecule has 6 heteroatoms. The second kappa shape index (κ2) is 6.88. The van der Waals surface area contributed by atoms with Gasteiger partial charge in [-0.1, -0.05) is 17.7 Å². The lowest BCUT2D eigenvalue weighted by molar-refractivity contribution is 0.102. The van der Waals surface area contributed by atoms with Gasteiger partial charge in [-0.3, -0.25) is 9.10 Å². The van der Waals surface area contributed by atoms with Crippen LogP contribution in [-0.4, -0.2) is 26.6 Å². The van der Waals surface area contributed by atoms with Crippen molar-refractivity contribution in [2.24, 2.45) is 0 Å². The zero-order chi connectivity index (χ0) is 18.0. The highest BCUT2D eigenvalue weighted by atomic mass is 32.2. The van der Waals surface area contributed by atoms with Crippen molar-refractivity contribution in [2.45, 2.75) is 26.7 Å². The standard InChI is InChI=1S/C19H22N2O3S/c1-14-5-10-18(15(2)13-14)20-19(22)16-6-8-17(9-7-16)21-11-3-4-12-25(21,23)24/h5-10,13H,3-4,11-12H2,1-2H3,(H,20,22). The highest BCUT2D eigenvalue weighted by Gasteiger charge is 2.26. The van der Waals surface area contributed by atoms with Crippen molar-refractivity contribution in [2.75, 3.05) is 21.9 Å². The lowest BCUT2D eigenvalue weighted by Gasteiger charge is -2.28. The maximum Gasteiger partial charge on any atom is 0.255 e. The number of hydrogen-bond acceptors (Lipinski definition) is 3. The predicted molar refractivity (Wildman–Crippen MR) is 101 cm³/mol. The van der Waals surface area contributed by atoms with Gasteiger partial charge in [0.05, 0.1) is 11.4 Å². The number of sulfonamides is 1. The molecule has 0 aromatic heterocycles. The molecular formula is C19H22N2O3S. The van der Waals surface area contributed by atoms with Gasteiger partial charge in [-0.05, 0) is 62.6 Å². The van der Waals surface area contributed by atoms with Crippen LogP contribution in [0.1, 0.15) is 34.3 Å². The fraction of sp³-hybridized carbons (Fsp3) is 0.316. The number of aryl methyl sites for hydroxylation is 2. The minimum Gasteiger partial charge on any atom is -0.322 e. The van der Waals surface area contributed by atoms with E-state index in [1.165, 1.54) is 4.31 Å². The monoisotopic (exact) mass is 358 g/mol. The summed E-state index contributed by atoms with van der Waals surface area (Å²) in [7, 11) is -3.24. The van der Waals surface area contributed by atoms with E-state index < -0.39 is 10.0 Å². The normalized spacial score (nSPS) is 16.5. The van der Waals surface area contributed by atoms with Crippen molar-refractivity contribution >= 4 is 27.3 Å². The molecule has 0 atom stereocenters. The molecule has 1 fully saturated rings. The number of hydrogen-bond donors (Lipinski definition) is 1. The molecule has 1 heterocycles. The molecule has 1 aliphatic rings. The quantitative estimate of drug-likeness (QED) is 0.913. The lowest BCUT2D eigenvalue weighted by atomic mass is 10.1. The number of carbonyl (C=O) groups is 1. The van der Waals surface area contributed by atoms with Gasteiger partial charge in [-0.25, -0.2) is 8.42 Å². The predicted octanol–water partition coefficient (Wildman–Crippen LogP) is 3.49. The topological polar surface area (TPSA) is 66.5 Å². The van der Waals surface area contributed by atoms with Crippen LogP contribution < -0.4 is 9.62 Å². The Labute approximate surface area is 148 Å². The summed E-state index contributed by atoms with van der Waals surface area (Å²) >= 11 is 0. The second-order valence-electron chi connectivity index (χ2n) is 6.41. The lowest BCUT2D eigenvalue weighted by Crippen LogP contribution is -2.37. The average Bonchev–Trinajstić information content (AvgIpc) is 2.57. The van der Waals surface area contributed by atoms with Gasteiger partial charge in [-0.15, -0.1) is 0 Å². The number of rotatable bonds is 3. The van der Waals surface area contributed by atoms with Gasteiger partial charge in [0, 0.05) is 17.8 Å². The van der Waals surface area contributed by atoms with Crippen molar-refractivity contribution in [3.05, 3.63) is 59.2 Å². The van der Waals surface area contributed by atoms with E-state index in [4.69, 9.17) is 0 Å². The molecule has 25 heavy (non-hydrogen) atoms. The Morgan fingerprint density at radius 3 is 2.40 bits per heavy atom. The number of anilines is 2. The first-order valence-corrected chi connectivity index (χ1v) is 9.97. The number of nitrogens with one attached hydrogen (secondary N) is 1. The molecule has 0 spiro atoms. The molecule has 2 aromatic rings. The minimum atomic E-state index is -3.24. The third kappa shape index (κ3) is 3.85. The second-order valence-corrected chi connectivity index (χ2v) is 8.43. The number of benzene rings is 2. The van der Waals surface area contributed by atoms with Gasteiger partial charge < -0.3 is 5.32 Å². The molecule has 0 aliphatic carbocycles. The van der Waals surface area contributed by atoms with Gasteiger partial charge in [0.15, 0.2) is 0 Å². The summed E-state index contributed by atoms with van der Waals surface area (Å²) in [6.45, 7) is 4.45. The molecule has 2 aromatic carbocycles. The molecule has 1 N–H and O–H groups in total. The molecule has 5 nitrogen and oxygen atoms in total. The summed E-state index contributed by atoms with van der Waals surface area (Å²) < 4.78 is 25.7. The first-order valence-electron chi connectivity index (χ1n) is 8.36. The Morgan fingerprint density at radius 1 is 1.04 bits per heavy atom. The third-order valence-electron chi connectivity index (χ3n) is 4.40. The Hall–Kier alpha value is -2.34. The summed E-state index contributed by atoms with van der Waals surface area (Å²) in [5.41, 5.74) is 4.03. The third-order valence-corrected chi connectivity index (χ3v) is 6.27. The summed E-state index contributed by atoms with van der Waals surface area (Å²) in [6.07, 6.45) is 1.56. The summed E-state index contributed by atoms with van der Waals surface area (Å²) in [4.78, 5) is 12.4. The van der Waals surface area contributed by atoms with Crippen LogP contribution in [-0.2, 0) is 10.0 Å². The highest BCUT2D eigenvalue weighted by Crippen LogP contribution is 2.24. The molecule has 1 aliphatic heterocycles. The van der Waals surface area contributed by atoms with E-state index in [9.17, 15) is 13.2 Å². The summed E-state index contributed by atoms with van der Waals surface area (Å²) in [5.74, 6) is -0.0259. The van der Waals surface area contributed by atoms with Gasteiger partial charge in [0.25, 0.3) is 5.91 Å². The molecule has 0 saturated carbocycles. The van der Waals surface area contributed by atoms with E-state index in [0.717, 1.165) is 23.2 Å². The van der Waals surface area contributed by atoms with E-state index in [0.29, 0.717) is 24.2 Å². The van der Waals surface area contributed by atoms with E-state index in [2.05, 4.69) is 5.32 Å². The minimum absolute atomic E-state index is 0.182. The van der Waals surface area contributed by atoms with Crippen LogP contribution in [0, 0.1) is 13.8 Å². The van der Waals surface area contributed by atoms with Crippen LogP contribution in [0.25, 0.3) is 0 Å². The van der Waals surface area contributed by atoms with Gasteiger partial charge in [-0.2, -0.15) is 0 Å². The van der Waals surface area contributed by atoms with Crippen LogP contribution in [0.15, 0.2) is 42.5 Å². The van der Waals surface area contributed by atoms with E-state index in [1.54, 1.807) is 24.3 Å². The molecule has 132 valence electrons. The molecule has 0 unspecified atom stereocenters. The van der Waals surface area contributed by atoms with Gasteiger partial charge in [0.2, 0.25) is 10.0 Å². The van der Waals surface area contributed by atoms with E-state index >= 15 is 0 Å². The largest absolute Gasteiger partial charge is 0.322 e. The van der Waals surface area contributed by atoms with E-state index in [1.807, 2.05) is 32.0 Å². The van der Waals surface area contributed by atoms with Gasteiger partial charge in [0.1, 0.15) is 0 Å². The van der Waals surface area contributed by atoms with Crippen LogP contribution in [0.2, 0.25) is 0 Å². The molecule has 0 bridgehead atoms. The first-order chi connectivity index (χ1) is 11.9. The van der Waals surface area contributed by atoms with Crippen LogP contribution in [0.3, 0.4) is 0 Å². The highest BCUT2D eigenvalue weighted by molar-refractivity contribution is 7.92. The Balaban J connectivity index is 1.76. The van der Waals surface area contributed by atoms with Crippen molar-refractivity contribution in [1.82, 2.24) is 0 Å². The van der Waals surface area contributed by atoms with Crippen molar-refractivity contribution in [1.29, 1.82) is 0 Å². The molecular weight excluding hydrogens is 336 g/mol. The van der Waals surface area contributed by atoms with Crippen LogP contribution in [0.5, 0.6) is 0 Å². The number of carbonyl (C=O) groups excluding carboxylic acids is 1. The zero-order valence-corrected chi connectivity index (χ0v) is 15.3. The number of nitrogens with zero attached hydrogens (tertiary/aromatic N) is 1. The van der Waals surface area contributed by atoms with Crippen molar-refractivity contribution < 1.29 is 13.2 Å². The fourth-order valence-electron chi connectivity index (χ4n) is 3.01. The van der Waals surface area contributed by atoms with Crippen LogP contribution in [0.4, 0.5) is 11.4 Å². The Morgan fingerprint density at radius 2 is 1.76 bits per heavy atom. The smallest absolute Gasteiger partial charge is 0.255 e. The summed E-state index contributed by atoms with van der Waals surface area (Å²) in [6, 6.07) is 12.6. The maximum atomic E-state index is 12.4. The maximum absolute atomic E-state index is 12.4.